The first kappa shape index (κ1) is 26.1. The molecule has 2 aromatic heterocycles. The second-order valence-electron chi connectivity index (χ2n) is 10.5. The van der Waals surface area contributed by atoms with Crippen LogP contribution in [0.25, 0.3) is 16.6 Å². The Morgan fingerprint density at radius 1 is 1.08 bits per heavy atom. The molecule has 0 aliphatic rings. The summed E-state index contributed by atoms with van der Waals surface area (Å²) in [6, 6.07) is 21.4. The van der Waals surface area contributed by atoms with E-state index in [1.165, 1.54) is 18.3 Å². The van der Waals surface area contributed by atoms with E-state index in [0.29, 0.717) is 39.7 Å². The first-order valence-electron chi connectivity index (χ1n) is 12.5. The van der Waals surface area contributed by atoms with Gasteiger partial charge < -0.3 is 10.6 Å². The summed E-state index contributed by atoms with van der Waals surface area (Å²) in [5.74, 6) is -0.330. The first-order chi connectivity index (χ1) is 18.7. The predicted molar refractivity (Wildman–Crippen MR) is 153 cm³/mol. The third-order valence-corrected chi connectivity index (χ3v) is 6.47. The molecule has 7 nitrogen and oxygen atoms in total. The molecule has 0 saturated heterocycles. The van der Waals surface area contributed by atoms with Gasteiger partial charge in [0.2, 0.25) is 0 Å². The number of nitrogens with zero attached hydrogens (tertiary/aromatic N) is 5. The van der Waals surface area contributed by atoms with Gasteiger partial charge in [-0.2, -0.15) is 5.26 Å². The summed E-state index contributed by atoms with van der Waals surface area (Å²) in [7, 11) is 0. The maximum absolute atomic E-state index is 13.8. The maximum Gasteiger partial charge on any atom is 0.123 e. The fourth-order valence-electron chi connectivity index (χ4n) is 4.24. The van der Waals surface area contributed by atoms with Crippen LogP contribution in [0.3, 0.4) is 0 Å². The highest BCUT2D eigenvalue weighted by Crippen LogP contribution is 2.36. The van der Waals surface area contributed by atoms with Crippen molar-refractivity contribution in [3.05, 3.63) is 107 Å². The van der Waals surface area contributed by atoms with E-state index in [0.717, 1.165) is 16.6 Å². The molecule has 196 valence electrons. The van der Waals surface area contributed by atoms with Gasteiger partial charge in [0.25, 0.3) is 0 Å². The number of nitriles is 1. The maximum atomic E-state index is 13.8. The van der Waals surface area contributed by atoms with Gasteiger partial charge in [0.15, 0.2) is 0 Å². The number of hydrogen-bond donors (Lipinski definition) is 2. The average Bonchev–Trinajstić information content (AvgIpc) is 3.41. The van der Waals surface area contributed by atoms with Crippen LogP contribution in [0.1, 0.15) is 43.6 Å². The molecule has 5 aromatic rings. The number of pyridine rings is 1. The van der Waals surface area contributed by atoms with Crippen LogP contribution < -0.4 is 10.6 Å². The first-order valence-corrected chi connectivity index (χ1v) is 12.9. The van der Waals surface area contributed by atoms with Gasteiger partial charge in [0, 0.05) is 23.8 Å². The van der Waals surface area contributed by atoms with Crippen LogP contribution in [0.2, 0.25) is 5.02 Å². The Labute approximate surface area is 231 Å². The molecule has 2 heterocycles. The number of para-hydroxylation sites is 1. The lowest BCUT2D eigenvalue weighted by Crippen LogP contribution is -2.20. The monoisotopic (exact) mass is 539 g/mol. The van der Waals surface area contributed by atoms with Crippen molar-refractivity contribution in [2.24, 2.45) is 5.41 Å². The number of aromatic nitrogens is 4. The Balaban J connectivity index is 1.58. The smallest absolute Gasteiger partial charge is 0.123 e. The van der Waals surface area contributed by atoms with Crippen LogP contribution in [-0.4, -0.2) is 26.5 Å². The van der Waals surface area contributed by atoms with E-state index in [9.17, 15) is 9.65 Å². The second kappa shape index (κ2) is 10.7. The number of rotatable bonds is 7. The molecule has 0 radical (unpaired) electrons. The molecule has 0 amide bonds. The topological polar surface area (TPSA) is 91.5 Å². The number of hydrogen-bond acceptors (Lipinski definition) is 6. The summed E-state index contributed by atoms with van der Waals surface area (Å²) in [4.78, 5) is 4.45. The third-order valence-electron chi connectivity index (χ3n) is 6.18. The lowest BCUT2D eigenvalue weighted by Gasteiger charge is -2.22. The van der Waals surface area contributed by atoms with Gasteiger partial charge >= 0.3 is 0 Å². The lowest BCUT2D eigenvalue weighted by atomic mass is 9.96. The summed E-state index contributed by atoms with van der Waals surface area (Å²) >= 11 is 6.71. The van der Waals surface area contributed by atoms with Crippen molar-refractivity contribution >= 4 is 33.9 Å². The molecule has 0 saturated carbocycles. The van der Waals surface area contributed by atoms with Gasteiger partial charge in [-0.25, -0.2) is 9.07 Å². The zero-order valence-electron chi connectivity index (χ0n) is 21.8. The van der Waals surface area contributed by atoms with E-state index in [2.05, 4.69) is 52.8 Å². The number of anilines is 2. The summed E-state index contributed by atoms with van der Waals surface area (Å²) in [6.07, 6.45) is 3.38. The van der Waals surface area contributed by atoms with Crippen molar-refractivity contribution in [2.45, 2.75) is 26.8 Å². The van der Waals surface area contributed by atoms with Gasteiger partial charge in [-0.3, -0.25) is 4.98 Å². The summed E-state index contributed by atoms with van der Waals surface area (Å²) in [5, 5.41) is 26.6. The van der Waals surface area contributed by atoms with Gasteiger partial charge in [0.05, 0.1) is 39.7 Å². The average molecular weight is 540 g/mol. The van der Waals surface area contributed by atoms with Crippen molar-refractivity contribution in [2.75, 3.05) is 17.2 Å². The number of halogens is 2. The highest BCUT2D eigenvalue weighted by atomic mass is 35.5. The molecule has 0 fully saturated rings. The summed E-state index contributed by atoms with van der Waals surface area (Å²) < 4.78 is 15.5. The number of nitrogens with one attached hydrogen (secondary N) is 2. The van der Waals surface area contributed by atoms with E-state index in [1.54, 1.807) is 22.9 Å². The van der Waals surface area contributed by atoms with Gasteiger partial charge in [-0.05, 0) is 47.4 Å². The number of fused-ring (bicyclic) bond motifs is 1. The van der Waals surface area contributed by atoms with Crippen LogP contribution in [0.4, 0.5) is 15.8 Å². The van der Waals surface area contributed by atoms with Crippen molar-refractivity contribution in [1.82, 2.24) is 20.0 Å². The largest absolute Gasteiger partial charge is 0.383 e. The van der Waals surface area contributed by atoms with Crippen LogP contribution in [0, 0.1) is 22.6 Å². The normalized spacial score (nSPS) is 12.2. The Morgan fingerprint density at radius 3 is 2.51 bits per heavy atom. The molecule has 2 N–H and O–H groups in total. The Bertz CT molecular complexity index is 1650. The fraction of sp³-hybridized carbons (Fsp3) is 0.200. The van der Waals surface area contributed by atoms with E-state index < -0.39 is 6.04 Å². The summed E-state index contributed by atoms with van der Waals surface area (Å²) in [6.45, 7) is 7.00. The SMILES string of the molecule is CC(C)(C)CNc1c(C#N)cnc2c(Cl)cc(N[C@@H](c3ccc(F)cc3)c3cn(-c4ccccc4)nn3)cc12. The van der Waals surface area contributed by atoms with Gasteiger partial charge in [-0.15, -0.1) is 5.10 Å². The minimum atomic E-state index is -0.463. The Morgan fingerprint density at radius 2 is 1.82 bits per heavy atom. The molecule has 3 aromatic carbocycles. The third kappa shape index (κ3) is 5.84. The quantitative estimate of drug-likeness (QED) is 0.228. The van der Waals surface area contributed by atoms with E-state index in [4.69, 9.17) is 11.6 Å². The van der Waals surface area contributed by atoms with Crippen molar-refractivity contribution in [1.29, 1.82) is 5.26 Å². The molecule has 0 spiro atoms. The zero-order chi connectivity index (χ0) is 27.6. The lowest BCUT2D eigenvalue weighted by molar-refractivity contribution is 0.443. The molecular formula is C30H27ClFN7. The Hall–Kier alpha value is -4.48. The second-order valence-corrected chi connectivity index (χ2v) is 10.9. The number of benzene rings is 3. The van der Waals surface area contributed by atoms with Crippen molar-refractivity contribution in [3.8, 4) is 11.8 Å². The minimum absolute atomic E-state index is 0.0137. The molecule has 9 heteroatoms. The molecule has 0 unspecified atom stereocenters. The van der Waals surface area contributed by atoms with Crippen LogP contribution in [0.15, 0.2) is 79.1 Å². The zero-order valence-corrected chi connectivity index (χ0v) is 22.5. The molecule has 0 bridgehead atoms. The molecule has 0 aliphatic carbocycles. The van der Waals surface area contributed by atoms with Crippen molar-refractivity contribution in [3.63, 3.8) is 0 Å². The van der Waals surface area contributed by atoms with E-state index in [-0.39, 0.29) is 11.2 Å². The van der Waals surface area contributed by atoms with E-state index >= 15 is 0 Å². The molecule has 1 atom stereocenters. The molecule has 0 aliphatic heterocycles. The van der Waals surface area contributed by atoms with Crippen LogP contribution in [-0.2, 0) is 0 Å². The molecular weight excluding hydrogens is 513 g/mol. The highest BCUT2D eigenvalue weighted by molar-refractivity contribution is 6.35. The Kier molecular flexibility index (Phi) is 7.18. The highest BCUT2D eigenvalue weighted by Gasteiger charge is 2.21. The van der Waals surface area contributed by atoms with Gasteiger partial charge in [0.1, 0.15) is 17.6 Å². The molecule has 5 rings (SSSR count). The van der Waals surface area contributed by atoms with Crippen LogP contribution in [0.5, 0.6) is 0 Å². The van der Waals surface area contributed by atoms with Gasteiger partial charge in [-0.1, -0.05) is 67.9 Å². The summed E-state index contributed by atoms with van der Waals surface area (Å²) in [5.41, 5.74) is 4.67. The van der Waals surface area contributed by atoms with Crippen molar-refractivity contribution < 1.29 is 4.39 Å². The van der Waals surface area contributed by atoms with E-state index in [1.807, 2.05) is 42.6 Å². The minimum Gasteiger partial charge on any atom is -0.383 e. The fourth-order valence-corrected chi connectivity index (χ4v) is 4.51. The van der Waals surface area contributed by atoms with Crippen LogP contribution >= 0.6 is 11.6 Å². The standard InChI is InChI=1S/C30H27ClFN7/c1-30(2,3)18-35-27-20(15-33)16-34-29-24(27)13-22(14-25(29)31)36-28(19-9-11-21(32)12-10-19)26-17-39(38-37-26)23-7-5-4-6-8-23/h4-14,16-17,28,36H,18H2,1-3H3,(H,34,35)/t28-/m0/s1. The predicted octanol–water partition coefficient (Wildman–Crippen LogP) is 7.14. The molecule has 39 heavy (non-hydrogen) atoms.